The van der Waals surface area contributed by atoms with Gasteiger partial charge in [-0.3, -0.25) is 4.79 Å². The molecule has 0 saturated heterocycles. The van der Waals surface area contributed by atoms with Crippen molar-refractivity contribution < 1.29 is 4.79 Å². The molecule has 1 aromatic rings. The molecule has 0 heterocycles. The summed E-state index contributed by atoms with van der Waals surface area (Å²) in [5.74, 6) is 0.525. The normalized spacial score (nSPS) is 10.6. The Balaban J connectivity index is 2.60. The van der Waals surface area contributed by atoms with E-state index in [1.54, 1.807) is 0 Å². The Hall–Kier alpha value is -1.55. The molecule has 0 radical (unpaired) electrons. The molecule has 0 bridgehead atoms. The number of anilines is 1. The molecule has 0 fully saturated rings. The van der Waals surface area contributed by atoms with Gasteiger partial charge in [0.2, 0.25) is 5.91 Å². The lowest BCUT2D eigenvalue weighted by molar-refractivity contribution is -0.119. The van der Waals surface area contributed by atoms with Gasteiger partial charge in [0.1, 0.15) is 0 Å². The summed E-state index contributed by atoms with van der Waals surface area (Å²) < 4.78 is 0. The lowest BCUT2D eigenvalue weighted by Gasteiger charge is -2.20. The number of carbonyl (C=O) groups excluding carboxylic acids is 1. The van der Waals surface area contributed by atoms with Crippen molar-refractivity contribution in [1.29, 1.82) is 0 Å². The van der Waals surface area contributed by atoms with Crippen molar-refractivity contribution in [1.82, 2.24) is 5.32 Å². The average Bonchev–Trinajstić information content (AvgIpc) is 2.36. The summed E-state index contributed by atoms with van der Waals surface area (Å²) in [4.78, 5) is 13.7. The molecule has 1 rings (SSSR count). The molecule has 4 nitrogen and oxygen atoms in total. The number of likely N-dealkylation sites (N-methyl/N-ethyl adjacent to an activating group) is 1. The second-order valence-corrected chi connectivity index (χ2v) is 5.37. The highest BCUT2D eigenvalue weighted by atomic mass is 16.2. The third-order valence-corrected chi connectivity index (χ3v) is 3.08. The molecule has 3 N–H and O–H groups in total. The molecule has 0 aromatic heterocycles. The van der Waals surface area contributed by atoms with Crippen molar-refractivity contribution in [3.8, 4) is 0 Å². The predicted octanol–water partition coefficient (Wildman–Crippen LogP) is 1.66. The van der Waals surface area contributed by atoms with Gasteiger partial charge in [0.05, 0.1) is 6.54 Å². The SMILES string of the molecule is Cc1cc(N(C)CC(=O)NCC(C)C)ccc1CN. The fraction of sp³-hybridized carbons (Fsp3) is 0.533. The number of carbonyl (C=O) groups is 1. The monoisotopic (exact) mass is 263 g/mol. The van der Waals surface area contributed by atoms with Crippen LogP contribution in [0.1, 0.15) is 25.0 Å². The lowest BCUT2D eigenvalue weighted by Crippen LogP contribution is -2.36. The second kappa shape index (κ2) is 7.14. The van der Waals surface area contributed by atoms with E-state index >= 15 is 0 Å². The number of amides is 1. The fourth-order valence-electron chi connectivity index (χ4n) is 1.83. The highest BCUT2D eigenvalue weighted by molar-refractivity contribution is 5.81. The second-order valence-electron chi connectivity index (χ2n) is 5.37. The van der Waals surface area contributed by atoms with Crippen LogP contribution in [0.15, 0.2) is 18.2 Å². The number of nitrogens with two attached hydrogens (primary N) is 1. The van der Waals surface area contributed by atoms with Crippen LogP contribution in [0.3, 0.4) is 0 Å². The van der Waals surface area contributed by atoms with Crippen molar-refractivity contribution >= 4 is 11.6 Å². The maximum atomic E-state index is 11.8. The number of hydrogen-bond donors (Lipinski definition) is 2. The summed E-state index contributed by atoms with van der Waals surface area (Å²) in [6.45, 7) is 7.84. The third kappa shape index (κ3) is 4.91. The molecule has 0 aliphatic rings. The Kier molecular flexibility index (Phi) is 5.83. The first-order valence-electron chi connectivity index (χ1n) is 6.71. The van der Waals surface area contributed by atoms with Gasteiger partial charge in [-0.05, 0) is 36.1 Å². The van der Waals surface area contributed by atoms with Gasteiger partial charge in [-0.15, -0.1) is 0 Å². The van der Waals surface area contributed by atoms with Gasteiger partial charge in [-0.25, -0.2) is 0 Å². The van der Waals surface area contributed by atoms with Crippen LogP contribution < -0.4 is 16.0 Å². The maximum Gasteiger partial charge on any atom is 0.239 e. The smallest absolute Gasteiger partial charge is 0.239 e. The van der Waals surface area contributed by atoms with Crippen molar-refractivity contribution in [3.05, 3.63) is 29.3 Å². The number of nitrogens with zero attached hydrogens (tertiary/aromatic N) is 1. The van der Waals surface area contributed by atoms with E-state index in [0.29, 0.717) is 19.0 Å². The number of nitrogens with one attached hydrogen (secondary N) is 1. The summed E-state index contributed by atoms with van der Waals surface area (Å²) in [5.41, 5.74) is 8.99. The van der Waals surface area contributed by atoms with E-state index < -0.39 is 0 Å². The summed E-state index contributed by atoms with van der Waals surface area (Å²) in [6.07, 6.45) is 0. The predicted molar refractivity (Wildman–Crippen MR) is 80.2 cm³/mol. The Labute approximate surface area is 116 Å². The molecular weight excluding hydrogens is 238 g/mol. The maximum absolute atomic E-state index is 11.8. The lowest BCUT2D eigenvalue weighted by atomic mass is 10.1. The van der Waals surface area contributed by atoms with Crippen LogP contribution in [-0.4, -0.2) is 26.0 Å². The first-order valence-corrected chi connectivity index (χ1v) is 6.71. The molecular formula is C15H25N3O. The summed E-state index contributed by atoms with van der Waals surface area (Å²) in [6, 6.07) is 6.09. The van der Waals surface area contributed by atoms with Gasteiger partial charge in [-0.1, -0.05) is 19.9 Å². The highest BCUT2D eigenvalue weighted by Crippen LogP contribution is 2.17. The number of hydrogen-bond acceptors (Lipinski definition) is 3. The van der Waals surface area contributed by atoms with E-state index in [4.69, 9.17) is 5.73 Å². The van der Waals surface area contributed by atoms with E-state index in [2.05, 4.69) is 25.2 Å². The Morgan fingerprint density at radius 2 is 2.11 bits per heavy atom. The number of benzene rings is 1. The molecule has 106 valence electrons. The van der Waals surface area contributed by atoms with Crippen molar-refractivity contribution in [2.24, 2.45) is 11.7 Å². The van der Waals surface area contributed by atoms with Crippen molar-refractivity contribution in [2.45, 2.75) is 27.3 Å². The third-order valence-electron chi connectivity index (χ3n) is 3.08. The van der Waals surface area contributed by atoms with Gasteiger partial charge in [0.25, 0.3) is 0 Å². The van der Waals surface area contributed by atoms with Crippen LogP contribution in [0.5, 0.6) is 0 Å². The largest absolute Gasteiger partial charge is 0.365 e. The standard InChI is InChI=1S/C15H25N3O/c1-11(2)9-17-15(19)10-18(4)14-6-5-13(8-16)12(3)7-14/h5-7,11H,8-10,16H2,1-4H3,(H,17,19). The van der Waals surface area contributed by atoms with Crippen LogP contribution in [0.2, 0.25) is 0 Å². The zero-order chi connectivity index (χ0) is 14.4. The van der Waals surface area contributed by atoms with E-state index in [1.165, 1.54) is 0 Å². The van der Waals surface area contributed by atoms with E-state index in [-0.39, 0.29) is 5.91 Å². The van der Waals surface area contributed by atoms with Crippen LogP contribution in [-0.2, 0) is 11.3 Å². The minimum atomic E-state index is 0.0526. The van der Waals surface area contributed by atoms with Crippen LogP contribution in [0, 0.1) is 12.8 Å². The number of rotatable bonds is 6. The first kappa shape index (κ1) is 15.5. The van der Waals surface area contributed by atoms with Crippen LogP contribution in [0.25, 0.3) is 0 Å². The quantitative estimate of drug-likeness (QED) is 0.820. The zero-order valence-electron chi connectivity index (χ0n) is 12.4. The summed E-state index contributed by atoms with van der Waals surface area (Å²) >= 11 is 0. The molecule has 0 saturated carbocycles. The van der Waals surface area contributed by atoms with Gasteiger partial charge >= 0.3 is 0 Å². The van der Waals surface area contributed by atoms with Crippen molar-refractivity contribution in [3.63, 3.8) is 0 Å². The molecule has 0 spiro atoms. The highest BCUT2D eigenvalue weighted by Gasteiger charge is 2.08. The minimum Gasteiger partial charge on any atom is -0.365 e. The summed E-state index contributed by atoms with van der Waals surface area (Å²) in [7, 11) is 1.92. The Morgan fingerprint density at radius 1 is 1.42 bits per heavy atom. The molecule has 0 atom stereocenters. The molecule has 19 heavy (non-hydrogen) atoms. The average molecular weight is 263 g/mol. The minimum absolute atomic E-state index is 0.0526. The zero-order valence-corrected chi connectivity index (χ0v) is 12.4. The molecule has 0 aliphatic heterocycles. The molecule has 1 aromatic carbocycles. The van der Waals surface area contributed by atoms with Gasteiger partial charge in [0.15, 0.2) is 0 Å². The molecule has 1 amide bonds. The van der Waals surface area contributed by atoms with Gasteiger partial charge in [-0.2, -0.15) is 0 Å². The van der Waals surface area contributed by atoms with E-state index in [9.17, 15) is 4.79 Å². The van der Waals surface area contributed by atoms with Crippen LogP contribution in [0.4, 0.5) is 5.69 Å². The van der Waals surface area contributed by atoms with E-state index in [1.807, 2.05) is 31.0 Å². The topological polar surface area (TPSA) is 58.4 Å². The van der Waals surface area contributed by atoms with Crippen LogP contribution >= 0.6 is 0 Å². The Bertz CT molecular complexity index is 429. The first-order chi connectivity index (χ1) is 8.93. The van der Waals surface area contributed by atoms with Gasteiger partial charge in [0, 0.05) is 25.8 Å². The number of aryl methyl sites for hydroxylation is 1. The molecule has 0 unspecified atom stereocenters. The van der Waals surface area contributed by atoms with Crippen molar-refractivity contribution in [2.75, 3.05) is 25.0 Å². The molecule has 0 aliphatic carbocycles. The fourth-order valence-corrected chi connectivity index (χ4v) is 1.83. The van der Waals surface area contributed by atoms with E-state index in [0.717, 1.165) is 23.4 Å². The molecule has 4 heteroatoms. The summed E-state index contributed by atoms with van der Waals surface area (Å²) in [5, 5.41) is 2.92. The Morgan fingerprint density at radius 3 is 2.63 bits per heavy atom. The van der Waals surface area contributed by atoms with Gasteiger partial charge < -0.3 is 16.0 Å².